The zero-order valence-corrected chi connectivity index (χ0v) is 12.5. The van der Waals surface area contributed by atoms with Crippen LogP contribution in [0.5, 0.6) is 0 Å². The van der Waals surface area contributed by atoms with Crippen molar-refractivity contribution in [3.63, 3.8) is 0 Å². The third-order valence-corrected chi connectivity index (χ3v) is 3.41. The monoisotopic (exact) mass is 273 g/mol. The minimum Gasteiger partial charge on any atom is -0.369 e. The highest BCUT2D eigenvalue weighted by atomic mass is 15.4. The molecule has 0 spiro atoms. The number of hydrogen-bond acceptors (Lipinski definition) is 5. The summed E-state index contributed by atoms with van der Waals surface area (Å²) in [5.41, 5.74) is 7.25. The summed E-state index contributed by atoms with van der Waals surface area (Å²) < 4.78 is 0. The molecule has 0 saturated heterocycles. The highest BCUT2D eigenvalue weighted by molar-refractivity contribution is 5.98. The molecule has 1 atom stereocenters. The van der Waals surface area contributed by atoms with Crippen LogP contribution in [0.4, 0.5) is 0 Å². The third-order valence-electron chi connectivity index (χ3n) is 3.41. The molecule has 1 aromatic rings. The first-order chi connectivity index (χ1) is 9.58. The summed E-state index contributed by atoms with van der Waals surface area (Å²) in [7, 11) is 3.95. The first-order valence-corrected chi connectivity index (χ1v) is 6.98. The first kappa shape index (κ1) is 14.4. The van der Waals surface area contributed by atoms with E-state index in [4.69, 9.17) is 5.73 Å². The van der Waals surface area contributed by atoms with Gasteiger partial charge in [0.25, 0.3) is 0 Å². The summed E-state index contributed by atoms with van der Waals surface area (Å²) in [4.78, 5) is 12.7. The topological polar surface area (TPSA) is 57.2 Å². The second-order valence-electron chi connectivity index (χ2n) is 5.12. The second-order valence-corrected chi connectivity index (χ2v) is 5.12. The van der Waals surface area contributed by atoms with E-state index in [1.807, 2.05) is 32.0 Å². The third kappa shape index (κ3) is 3.50. The predicted molar refractivity (Wildman–Crippen MR) is 83.7 cm³/mol. The molecule has 1 aliphatic heterocycles. The highest BCUT2D eigenvalue weighted by Gasteiger charge is 2.20. The lowest BCUT2D eigenvalue weighted by Crippen LogP contribution is -2.49. The molecule has 2 N–H and O–H groups in total. The van der Waals surface area contributed by atoms with E-state index in [0.717, 1.165) is 25.3 Å². The van der Waals surface area contributed by atoms with Gasteiger partial charge >= 0.3 is 0 Å². The van der Waals surface area contributed by atoms with Gasteiger partial charge in [-0.3, -0.25) is 4.90 Å². The Labute approximate surface area is 120 Å². The SMILES string of the molecule is CC1N=C(N)N(C)C(N(C)CCCc2ccccc2)=N1. The van der Waals surface area contributed by atoms with Crippen molar-refractivity contribution in [2.24, 2.45) is 15.7 Å². The summed E-state index contributed by atoms with van der Waals surface area (Å²) in [5.74, 6) is 1.41. The van der Waals surface area contributed by atoms with Gasteiger partial charge in [-0.1, -0.05) is 30.3 Å². The Balaban J connectivity index is 1.87. The van der Waals surface area contributed by atoms with Gasteiger partial charge in [-0.05, 0) is 25.3 Å². The summed E-state index contributed by atoms with van der Waals surface area (Å²) in [6.07, 6.45) is 2.05. The number of benzene rings is 1. The Kier molecular flexibility index (Phi) is 4.61. The van der Waals surface area contributed by atoms with Crippen LogP contribution in [0.2, 0.25) is 0 Å². The van der Waals surface area contributed by atoms with E-state index >= 15 is 0 Å². The molecule has 0 saturated carbocycles. The van der Waals surface area contributed by atoms with Crippen LogP contribution in [0.1, 0.15) is 18.9 Å². The fraction of sp³-hybridized carbons (Fsp3) is 0.467. The van der Waals surface area contributed by atoms with Gasteiger partial charge in [-0.25, -0.2) is 9.98 Å². The molecule has 0 aromatic heterocycles. The van der Waals surface area contributed by atoms with Gasteiger partial charge in [0.15, 0.2) is 5.96 Å². The van der Waals surface area contributed by atoms with E-state index in [-0.39, 0.29) is 6.17 Å². The predicted octanol–water partition coefficient (Wildman–Crippen LogP) is 1.51. The first-order valence-electron chi connectivity index (χ1n) is 6.98. The maximum absolute atomic E-state index is 5.89. The van der Waals surface area contributed by atoms with Crippen LogP contribution in [0.3, 0.4) is 0 Å². The molecule has 5 nitrogen and oxygen atoms in total. The molecular formula is C15H23N5. The van der Waals surface area contributed by atoms with E-state index in [1.165, 1.54) is 5.56 Å². The number of nitrogens with zero attached hydrogens (tertiary/aromatic N) is 4. The van der Waals surface area contributed by atoms with Crippen molar-refractivity contribution in [3.8, 4) is 0 Å². The van der Waals surface area contributed by atoms with Crippen molar-refractivity contribution in [2.45, 2.75) is 25.9 Å². The highest BCUT2D eigenvalue weighted by Crippen LogP contribution is 2.08. The summed E-state index contributed by atoms with van der Waals surface area (Å²) >= 11 is 0. The van der Waals surface area contributed by atoms with Crippen molar-refractivity contribution in [2.75, 3.05) is 20.6 Å². The van der Waals surface area contributed by atoms with Gasteiger partial charge in [0.05, 0.1) is 0 Å². The number of hydrogen-bond donors (Lipinski definition) is 1. The molecule has 1 heterocycles. The van der Waals surface area contributed by atoms with Gasteiger partial charge in [0.1, 0.15) is 6.17 Å². The molecule has 0 radical (unpaired) electrons. The summed E-state index contributed by atoms with van der Waals surface area (Å²) in [5, 5.41) is 0. The molecule has 5 heteroatoms. The van der Waals surface area contributed by atoms with Crippen LogP contribution in [-0.2, 0) is 6.42 Å². The van der Waals surface area contributed by atoms with Gasteiger partial charge in [0, 0.05) is 20.6 Å². The average Bonchev–Trinajstić information content (AvgIpc) is 2.44. The van der Waals surface area contributed by atoms with Crippen molar-refractivity contribution in [1.82, 2.24) is 9.80 Å². The van der Waals surface area contributed by atoms with Crippen molar-refractivity contribution in [1.29, 1.82) is 0 Å². The van der Waals surface area contributed by atoms with Gasteiger partial charge in [0.2, 0.25) is 5.96 Å². The Morgan fingerprint density at radius 1 is 1.25 bits per heavy atom. The standard InChI is InChI=1S/C15H23N5/c1-12-17-14(16)20(3)15(18-12)19(2)11-7-10-13-8-5-4-6-9-13/h4-6,8-9,12H,7,10-11H2,1-3H3,(H2,16,17). The minimum atomic E-state index is -0.0993. The van der Waals surface area contributed by atoms with E-state index in [0.29, 0.717) is 5.96 Å². The zero-order chi connectivity index (χ0) is 14.5. The number of aryl methyl sites for hydroxylation is 1. The van der Waals surface area contributed by atoms with Crippen molar-refractivity contribution in [3.05, 3.63) is 35.9 Å². The molecule has 20 heavy (non-hydrogen) atoms. The van der Waals surface area contributed by atoms with E-state index < -0.39 is 0 Å². The van der Waals surface area contributed by atoms with E-state index in [2.05, 4.69) is 39.2 Å². The van der Waals surface area contributed by atoms with E-state index in [1.54, 1.807) is 0 Å². The van der Waals surface area contributed by atoms with Crippen molar-refractivity contribution >= 4 is 11.9 Å². The molecule has 0 amide bonds. The Morgan fingerprint density at radius 2 is 1.95 bits per heavy atom. The smallest absolute Gasteiger partial charge is 0.205 e. The van der Waals surface area contributed by atoms with Crippen LogP contribution in [0.15, 0.2) is 40.3 Å². The molecule has 0 fully saturated rings. The summed E-state index contributed by atoms with van der Waals surface area (Å²) in [6, 6.07) is 10.5. The van der Waals surface area contributed by atoms with Gasteiger partial charge in [-0.2, -0.15) is 0 Å². The molecule has 2 rings (SSSR count). The van der Waals surface area contributed by atoms with Gasteiger partial charge < -0.3 is 10.6 Å². The fourth-order valence-corrected chi connectivity index (χ4v) is 2.28. The minimum absolute atomic E-state index is 0.0993. The molecular weight excluding hydrogens is 250 g/mol. The molecule has 0 aliphatic carbocycles. The number of rotatable bonds is 4. The summed E-state index contributed by atoms with van der Waals surface area (Å²) in [6.45, 7) is 2.88. The van der Waals surface area contributed by atoms with Crippen LogP contribution in [0.25, 0.3) is 0 Å². The fourth-order valence-electron chi connectivity index (χ4n) is 2.28. The molecule has 108 valence electrons. The Morgan fingerprint density at radius 3 is 2.65 bits per heavy atom. The Bertz CT molecular complexity index is 494. The number of guanidine groups is 2. The van der Waals surface area contributed by atoms with Crippen molar-refractivity contribution < 1.29 is 0 Å². The molecule has 0 bridgehead atoms. The Hall–Kier alpha value is -2.04. The zero-order valence-electron chi connectivity index (χ0n) is 12.5. The largest absolute Gasteiger partial charge is 0.369 e. The van der Waals surface area contributed by atoms with Crippen LogP contribution in [-0.4, -0.2) is 48.5 Å². The molecule has 1 aliphatic rings. The van der Waals surface area contributed by atoms with Crippen LogP contribution < -0.4 is 5.73 Å². The molecule has 1 aromatic carbocycles. The van der Waals surface area contributed by atoms with Gasteiger partial charge in [-0.15, -0.1) is 0 Å². The lowest BCUT2D eigenvalue weighted by atomic mass is 10.1. The normalized spacial score (nSPS) is 18.6. The lowest BCUT2D eigenvalue weighted by Gasteiger charge is -2.32. The average molecular weight is 273 g/mol. The molecule has 1 unspecified atom stereocenters. The van der Waals surface area contributed by atoms with Crippen LogP contribution >= 0.6 is 0 Å². The number of nitrogens with two attached hydrogens (primary N) is 1. The quantitative estimate of drug-likeness (QED) is 0.904. The maximum Gasteiger partial charge on any atom is 0.205 e. The van der Waals surface area contributed by atoms with E-state index in [9.17, 15) is 0 Å². The second kappa shape index (κ2) is 6.41. The lowest BCUT2D eigenvalue weighted by molar-refractivity contribution is 0.427. The maximum atomic E-state index is 5.89. The van der Waals surface area contributed by atoms with Crippen LogP contribution in [0, 0.1) is 0 Å². The number of aliphatic imine (C=N–C) groups is 2.